The Morgan fingerprint density at radius 3 is 2.92 bits per heavy atom. The number of benzene rings is 1. The van der Waals surface area contributed by atoms with Crippen molar-refractivity contribution in [1.82, 2.24) is 9.88 Å². The van der Waals surface area contributed by atoms with Gasteiger partial charge < -0.3 is 4.74 Å². The van der Waals surface area contributed by atoms with Gasteiger partial charge in [0.05, 0.1) is 11.2 Å². The molecule has 0 amide bonds. The van der Waals surface area contributed by atoms with Crippen LogP contribution in [0.5, 0.6) is 0 Å². The van der Waals surface area contributed by atoms with Crippen LogP contribution in [0.1, 0.15) is 76.2 Å². The highest BCUT2D eigenvalue weighted by Crippen LogP contribution is 2.69. The third-order valence-corrected chi connectivity index (χ3v) is 11.4. The molecule has 4 fully saturated rings. The van der Waals surface area contributed by atoms with Crippen LogP contribution in [0.4, 0.5) is 4.39 Å². The zero-order valence-corrected chi connectivity index (χ0v) is 21.4. The molecule has 2 bridgehead atoms. The first-order valence-electron chi connectivity index (χ1n) is 14.3. The lowest BCUT2D eigenvalue weighted by Crippen LogP contribution is -2.55. The molecule has 8 rings (SSSR count). The van der Waals surface area contributed by atoms with Crippen LogP contribution in [0.2, 0.25) is 0 Å². The van der Waals surface area contributed by atoms with E-state index in [1.165, 1.54) is 40.3 Å². The smallest absolute Gasteiger partial charge is 0.114 e. The highest BCUT2D eigenvalue weighted by atomic mass is 19.1. The van der Waals surface area contributed by atoms with Gasteiger partial charge >= 0.3 is 0 Å². The zero-order chi connectivity index (χ0) is 24.1. The third-order valence-electron chi connectivity index (χ3n) is 11.4. The van der Waals surface area contributed by atoms with E-state index in [0.717, 1.165) is 45.1 Å². The highest BCUT2D eigenvalue weighted by Gasteiger charge is 2.66. The number of ether oxygens (including phenoxy) is 1. The maximum absolute atomic E-state index is 14.0. The summed E-state index contributed by atoms with van der Waals surface area (Å²) in [5, 5.41) is 2.52. The second-order valence-corrected chi connectivity index (χ2v) is 13.0. The Morgan fingerprint density at radius 1 is 1.08 bits per heavy atom. The Morgan fingerprint density at radius 2 is 2.03 bits per heavy atom. The molecule has 2 spiro atoms. The van der Waals surface area contributed by atoms with Gasteiger partial charge in [0.2, 0.25) is 0 Å². The van der Waals surface area contributed by atoms with E-state index in [9.17, 15) is 4.39 Å². The number of fused-ring (bicyclic) bond motifs is 2. The molecule has 1 aromatic heterocycles. The third kappa shape index (κ3) is 2.89. The van der Waals surface area contributed by atoms with Crippen LogP contribution in [0.3, 0.4) is 0 Å². The molecule has 2 unspecified atom stereocenters. The molecule has 4 heteroatoms. The predicted octanol–water partition coefficient (Wildman–Crippen LogP) is 6.89. The SMILES string of the molecule is C[C@]12CC=C3C=C4CC[C@H](N5CC[C@H](F)C5)CC45CC[C@]3(O5)[C@@H]1CCC2c1ccc2ccncc2c1. The fourth-order valence-corrected chi connectivity index (χ4v) is 9.64. The molecule has 0 N–H and O–H groups in total. The van der Waals surface area contributed by atoms with Crippen LogP contribution in [0.25, 0.3) is 10.8 Å². The van der Waals surface area contributed by atoms with Crippen LogP contribution in [0.15, 0.2) is 60.0 Å². The normalized spacial score (nSPS) is 43.6. The summed E-state index contributed by atoms with van der Waals surface area (Å²) >= 11 is 0. The van der Waals surface area contributed by atoms with Crippen molar-refractivity contribution in [2.75, 3.05) is 13.1 Å². The molecule has 2 saturated carbocycles. The monoisotopic (exact) mass is 484 g/mol. The summed E-state index contributed by atoms with van der Waals surface area (Å²) in [5.41, 5.74) is 4.47. The van der Waals surface area contributed by atoms with Crippen molar-refractivity contribution < 1.29 is 9.13 Å². The number of alkyl halides is 1. The van der Waals surface area contributed by atoms with Gasteiger partial charge in [0.25, 0.3) is 0 Å². The van der Waals surface area contributed by atoms with Gasteiger partial charge in [-0.1, -0.05) is 31.2 Å². The molecule has 2 aromatic rings. The zero-order valence-electron chi connectivity index (χ0n) is 21.4. The summed E-state index contributed by atoms with van der Waals surface area (Å²) in [6.45, 7) is 4.09. The minimum absolute atomic E-state index is 0.111. The van der Waals surface area contributed by atoms with Gasteiger partial charge in [-0.3, -0.25) is 9.88 Å². The van der Waals surface area contributed by atoms with E-state index >= 15 is 0 Å². The Hall–Kier alpha value is -2.04. The second-order valence-electron chi connectivity index (χ2n) is 13.0. The van der Waals surface area contributed by atoms with E-state index in [4.69, 9.17) is 4.74 Å². The lowest BCUT2D eigenvalue weighted by Gasteiger charge is -2.55. The highest BCUT2D eigenvalue weighted by molar-refractivity contribution is 5.82. The summed E-state index contributed by atoms with van der Waals surface area (Å²) in [4.78, 5) is 6.81. The van der Waals surface area contributed by atoms with Crippen molar-refractivity contribution in [3.63, 3.8) is 0 Å². The average Bonchev–Trinajstić information content (AvgIpc) is 3.57. The van der Waals surface area contributed by atoms with Crippen molar-refractivity contribution in [3.05, 3.63) is 65.5 Å². The molecule has 6 aliphatic rings. The van der Waals surface area contributed by atoms with Gasteiger partial charge in [-0.15, -0.1) is 0 Å². The summed E-state index contributed by atoms with van der Waals surface area (Å²) in [7, 11) is 0. The van der Waals surface area contributed by atoms with Crippen molar-refractivity contribution in [1.29, 1.82) is 0 Å². The number of rotatable bonds is 2. The number of allylic oxidation sites excluding steroid dienone is 1. The maximum atomic E-state index is 14.0. The minimum Gasteiger partial charge on any atom is -0.359 e. The summed E-state index contributed by atoms with van der Waals surface area (Å²) in [5.74, 6) is 1.11. The molecular weight excluding hydrogens is 447 g/mol. The molecule has 7 atom stereocenters. The lowest BCUT2D eigenvalue weighted by atomic mass is 9.58. The molecule has 1 aromatic carbocycles. The minimum atomic E-state index is -0.642. The first-order valence-corrected chi connectivity index (χ1v) is 14.3. The van der Waals surface area contributed by atoms with E-state index < -0.39 is 6.17 Å². The largest absolute Gasteiger partial charge is 0.359 e. The first-order chi connectivity index (χ1) is 17.5. The van der Waals surface area contributed by atoms with Crippen LogP contribution >= 0.6 is 0 Å². The van der Waals surface area contributed by atoms with Crippen LogP contribution in [-0.4, -0.2) is 46.4 Å². The number of halogens is 1. The quantitative estimate of drug-likeness (QED) is 0.464. The van der Waals surface area contributed by atoms with E-state index in [2.05, 4.69) is 53.2 Å². The van der Waals surface area contributed by atoms with Gasteiger partial charge in [0, 0.05) is 36.9 Å². The fraction of sp³-hybridized carbons (Fsp3) is 0.594. The predicted molar refractivity (Wildman–Crippen MR) is 141 cm³/mol. The number of hydrogen-bond donors (Lipinski definition) is 0. The summed E-state index contributed by atoms with van der Waals surface area (Å²) < 4.78 is 21.5. The number of pyridine rings is 1. The lowest BCUT2D eigenvalue weighted by molar-refractivity contribution is -0.140. The average molecular weight is 485 g/mol. The molecule has 2 saturated heterocycles. The van der Waals surface area contributed by atoms with Gasteiger partial charge in [-0.2, -0.15) is 0 Å². The second kappa shape index (κ2) is 7.51. The van der Waals surface area contributed by atoms with Crippen LogP contribution in [-0.2, 0) is 4.74 Å². The van der Waals surface area contributed by atoms with Gasteiger partial charge in [-0.05, 0) is 109 Å². The van der Waals surface area contributed by atoms with Gasteiger partial charge in [0.15, 0.2) is 0 Å². The standard InChI is InChI=1S/C32H37FN2O/c1-30-11-8-25-17-24-4-5-27(35-15-10-26(33)20-35)18-31(24)12-13-32(25,36-31)29(30)7-6-28(30)22-3-2-21-9-14-34-19-23(21)16-22/h2-3,8-9,14,16-17,19,26-29H,4-7,10-13,15,18,20H2,1H3/t26-,27-,28?,29+,30+,31?,32+/m0/s1. The number of likely N-dealkylation sites (tertiary alicyclic amines) is 1. The topological polar surface area (TPSA) is 25.4 Å². The van der Waals surface area contributed by atoms with Crippen molar-refractivity contribution >= 4 is 10.8 Å². The fourth-order valence-electron chi connectivity index (χ4n) is 9.64. The molecule has 3 aliphatic carbocycles. The molecule has 4 heterocycles. The Bertz CT molecular complexity index is 1300. The molecule has 0 radical (unpaired) electrons. The van der Waals surface area contributed by atoms with Crippen molar-refractivity contribution in [2.45, 2.75) is 94.0 Å². The molecular formula is C32H37FN2O. The summed E-state index contributed by atoms with van der Waals surface area (Å²) in [6, 6.07) is 9.63. The Balaban J connectivity index is 1.14. The molecule has 188 valence electrons. The molecule has 3 aliphatic heterocycles. The van der Waals surface area contributed by atoms with E-state index in [0.29, 0.717) is 30.8 Å². The van der Waals surface area contributed by atoms with Crippen LogP contribution in [0, 0.1) is 11.3 Å². The summed E-state index contributed by atoms with van der Waals surface area (Å²) in [6.07, 6.45) is 18.3. The molecule has 3 nitrogen and oxygen atoms in total. The van der Waals surface area contributed by atoms with E-state index in [1.54, 1.807) is 0 Å². The maximum Gasteiger partial charge on any atom is 0.114 e. The number of hydrogen-bond acceptors (Lipinski definition) is 3. The first kappa shape index (κ1) is 22.0. The van der Waals surface area contributed by atoms with E-state index in [1.807, 2.05) is 12.4 Å². The number of aromatic nitrogens is 1. The molecule has 36 heavy (non-hydrogen) atoms. The van der Waals surface area contributed by atoms with Gasteiger partial charge in [-0.25, -0.2) is 4.39 Å². The Labute approximate surface area is 213 Å². The van der Waals surface area contributed by atoms with Crippen molar-refractivity contribution in [3.8, 4) is 0 Å². The van der Waals surface area contributed by atoms with Crippen molar-refractivity contribution in [2.24, 2.45) is 11.3 Å². The van der Waals surface area contributed by atoms with Gasteiger partial charge in [0.1, 0.15) is 6.17 Å². The van der Waals surface area contributed by atoms with Crippen LogP contribution < -0.4 is 0 Å². The Kier molecular flexibility index (Phi) is 4.59. The van der Waals surface area contributed by atoms with E-state index in [-0.39, 0.29) is 16.6 Å². The number of nitrogens with zero attached hydrogens (tertiary/aromatic N) is 2.